The average molecular weight is 594 g/mol. The molecular formula is C33H37F2N3O5. The van der Waals surface area contributed by atoms with Gasteiger partial charge in [0.05, 0.1) is 31.8 Å². The monoisotopic (exact) mass is 593 g/mol. The van der Waals surface area contributed by atoms with Crippen LogP contribution < -0.4 is 10.1 Å². The second kappa shape index (κ2) is 12.0. The van der Waals surface area contributed by atoms with E-state index in [-0.39, 0.29) is 30.1 Å². The number of dihydropyridines is 1. The number of cyclic esters (lactones) is 1. The van der Waals surface area contributed by atoms with Crippen LogP contribution in [0.15, 0.2) is 54.2 Å². The first kappa shape index (κ1) is 29.2. The topological polar surface area (TPSA) is 91.3 Å². The summed E-state index contributed by atoms with van der Waals surface area (Å²) in [5.74, 6) is -1.52. The van der Waals surface area contributed by atoms with Gasteiger partial charge in [0, 0.05) is 41.6 Å². The Labute approximate surface area is 249 Å². The highest BCUT2D eigenvalue weighted by atomic mass is 19.1. The van der Waals surface area contributed by atoms with Crippen LogP contribution in [0.5, 0.6) is 5.75 Å². The first-order valence-electron chi connectivity index (χ1n) is 15.0. The molecule has 3 fully saturated rings. The van der Waals surface area contributed by atoms with Crippen molar-refractivity contribution in [3.63, 3.8) is 0 Å². The Kier molecular flexibility index (Phi) is 8.13. The Bertz CT molecular complexity index is 1440. The van der Waals surface area contributed by atoms with E-state index < -0.39 is 35.8 Å². The molecule has 2 aromatic rings. The van der Waals surface area contributed by atoms with Crippen LogP contribution in [0, 0.1) is 17.6 Å². The lowest BCUT2D eigenvalue weighted by Gasteiger charge is -2.40. The summed E-state index contributed by atoms with van der Waals surface area (Å²) in [5, 5.41) is 13.1. The minimum absolute atomic E-state index is 0.0324. The lowest BCUT2D eigenvalue weighted by molar-refractivity contribution is -0.142. The van der Waals surface area contributed by atoms with Crippen LogP contribution in [0.1, 0.15) is 67.7 Å². The number of amides is 1. The van der Waals surface area contributed by atoms with E-state index in [0.29, 0.717) is 18.6 Å². The number of aliphatic carboxylic acids is 1. The fourth-order valence-electron chi connectivity index (χ4n) is 6.74. The smallest absolute Gasteiger partial charge is 0.411 e. The number of benzene rings is 2. The minimum Gasteiger partial charge on any atom is -0.496 e. The number of carboxylic acid groups (broad SMARTS) is 1. The van der Waals surface area contributed by atoms with Crippen LogP contribution in [-0.2, 0) is 9.53 Å². The van der Waals surface area contributed by atoms with Crippen molar-refractivity contribution < 1.29 is 33.0 Å². The number of hydrogen-bond acceptors (Lipinski definition) is 6. The van der Waals surface area contributed by atoms with Gasteiger partial charge in [-0.05, 0) is 80.9 Å². The fourth-order valence-corrected chi connectivity index (χ4v) is 6.74. The van der Waals surface area contributed by atoms with E-state index in [1.165, 1.54) is 12.1 Å². The maximum atomic E-state index is 14.0. The van der Waals surface area contributed by atoms with Crippen LogP contribution >= 0.6 is 0 Å². The van der Waals surface area contributed by atoms with Crippen molar-refractivity contribution in [1.29, 1.82) is 0 Å². The van der Waals surface area contributed by atoms with Crippen LogP contribution in [0.4, 0.5) is 13.6 Å². The lowest BCUT2D eigenvalue weighted by atomic mass is 9.78. The molecule has 0 radical (unpaired) electrons. The maximum absolute atomic E-state index is 14.0. The number of hydrogen-bond donors (Lipinski definition) is 2. The first-order chi connectivity index (χ1) is 20.7. The number of methoxy groups -OCH3 is 1. The van der Waals surface area contributed by atoms with Gasteiger partial charge in [0.15, 0.2) is 0 Å². The molecule has 1 unspecified atom stereocenters. The molecule has 6 rings (SSSR count). The van der Waals surface area contributed by atoms with Gasteiger partial charge in [-0.15, -0.1) is 0 Å². The van der Waals surface area contributed by atoms with Gasteiger partial charge >= 0.3 is 12.1 Å². The van der Waals surface area contributed by atoms with Crippen LogP contribution in [-0.4, -0.2) is 65.9 Å². The number of ether oxygens (including phenoxy) is 2. The van der Waals surface area contributed by atoms with Crippen LogP contribution in [0.3, 0.4) is 0 Å². The quantitative estimate of drug-likeness (QED) is 0.399. The number of nitrogens with one attached hydrogen (secondary N) is 1. The largest absolute Gasteiger partial charge is 0.496 e. The third-order valence-corrected chi connectivity index (χ3v) is 9.37. The van der Waals surface area contributed by atoms with Crippen LogP contribution in [0.2, 0.25) is 0 Å². The number of carbonyl (C=O) groups excluding carboxylic acids is 1. The molecule has 2 aromatic carbocycles. The molecule has 10 heteroatoms. The Balaban J connectivity index is 1.32. The van der Waals surface area contributed by atoms with E-state index >= 15 is 0 Å². The summed E-state index contributed by atoms with van der Waals surface area (Å²) < 4.78 is 39.4. The molecule has 3 heterocycles. The predicted molar refractivity (Wildman–Crippen MR) is 156 cm³/mol. The summed E-state index contributed by atoms with van der Waals surface area (Å²) >= 11 is 0. The summed E-state index contributed by atoms with van der Waals surface area (Å²) in [4.78, 5) is 28.6. The number of likely N-dealkylation sites (tertiary alicyclic amines) is 1. The highest BCUT2D eigenvalue weighted by Gasteiger charge is 2.41. The number of allylic oxidation sites excluding steroid dienone is 2. The first-order valence-corrected chi connectivity index (χ1v) is 15.0. The molecule has 3 atom stereocenters. The highest BCUT2D eigenvalue weighted by molar-refractivity contribution is 5.82. The Morgan fingerprint density at radius 3 is 2.42 bits per heavy atom. The van der Waals surface area contributed by atoms with Crippen molar-refractivity contribution in [3.8, 4) is 5.75 Å². The zero-order valence-electron chi connectivity index (χ0n) is 24.4. The Hall–Kier alpha value is -3.92. The molecule has 3 aliphatic heterocycles. The molecule has 228 valence electrons. The molecule has 1 aliphatic carbocycles. The molecule has 8 nitrogen and oxygen atoms in total. The predicted octanol–water partition coefficient (Wildman–Crippen LogP) is 5.82. The zero-order chi connectivity index (χ0) is 30.2. The SMILES string of the molecule is COc1ccc(C2CCC(C(=O)O)CC2)cc1C1=C(CN2C(=O)O[C@H](c3cc(F)cc(F)c3)[C@@H]2C)NC(N2CCC2)C=C1. The second-order valence-corrected chi connectivity index (χ2v) is 12.0. The zero-order valence-corrected chi connectivity index (χ0v) is 24.4. The van der Waals surface area contributed by atoms with E-state index in [2.05, 4.69) is 34.5 Å². The second-order valence-electron chi connectivity index (χ2n) is 12.0. The van der Waals surface area contributed by atoms with Gasteiger partial charge in [-0.25, -0.2) is 13.6 Å². The molecule has 0 bridgehead atoms. The number of carbonyl (C=O) groups is 2. The molecule has 0 aromatic heterocycles. The fraction of sp³-hybridized carbons (Fsp3) is 0.455. The van der Waals surface area contributed by atoms with Gasteiger partial charge < -0.3 is 19.9 Å². The summed E-state index contributed by atoms with van der Waals surface area (Å²) in [5.41, 5.74) is 3.99. The third-order valence-electron chi connectivity index (χ3n) is 9.37. The van der Waals surface area contributed by atoms with Crippen molar-refractivity contribution in [1.82, 2.24) is 15.1 Å². The van der Waals surface area contributed by atoms with E-state index in [1.54, 1.807) is 12.0 Å². The molecule has 2 N–H and O–H groups in total. The van der Waals surface area contributed by atoms with E-state index in [4.69, 9.17) is 9.47 Å². The van der Waals surface area contributed by atoms with Crippen molar-refractivity contribution in [2.24, 2.45) is 5.92 Å². The van der Waals surface area contributed by atoms with Gasteiger partial charge in [-0.2, -0.15) is 0 Å². The highest BCUT2D eigenvalue weighted by Crippen LogP contribution is 2.41. The van der Waals surface area contributed by atoms with Gasteiger partial charge in [-0.3, -0.25) is 14.6 Å². The molecule has 2 saturated heterocycles. The molecule has 4 aliphatic rings. The van der Waals surface area contributed by atoms with Crippen molar-refractivity contribution >= 4 is 17.6 Å². The van der Waals surface area contributed by atoms with Gasteiger partial charge in [0.1, 0.15) is 23.5 Å². The molecule has 43 heavy (non-hydrogen) atoms. The lowest BCUT2D eigenvalue weighted by Crippen LogP contribution is -2.53. The molecule has 1 saturated carbocycles. The van der Waals surface area contributed by atoms with Gasteiger partial charge in [0.2, 0.25) is 0 Å². The van der Waals surface area contributed by atoms with Crippen molar-refractivity contribution in [2.45, 2.75) is 63.3 Å². The van der Waals surface area contributed by atoms with E-state index in [9.17, 15) is 23.5 Å². The van der Waals surface area contributed by atoms with Gasteiger partial charge in [-0.1, -0.05) is 12.1 Å². The number of carboxylic acids is 1. The molecule has 1 amide bonds. The molecule has 0 spiro atoms. The van der Waals surface area contributed by atoms with E-state index in [0.717, 1.165) is 60.8 Å². The number of halogens is 2. The number of nitrogens with zero attached hydrogens (tertiary/aromatic N) is 2. The maximum Gasteiger partial charge on any atom is 0.411 e. The van der Waals surface area contributed by atoms with Crippen LogP contribution in [0.25, 0.3) is 5.57 Å². The number of rotatable bonds is 8. The van der Waals surface area contributed by atoms with Gasteiger partial charge in [0.25, 0.3) is 0 Å². The third kappa shape index (κ3) is 5.85. The summed E-state index contributed by atoms with van der Waals surface area (Å²) in [6, 6.07) is 8.86. The Morgan fingerprint density at radius 2 is 1.79 bits per heavy atom. The summed E-state index contributed by atoms with van der Waals surface area (Å²) in [6.45, 7) is 3.96. The molecular weight excluding hydrogens is 556 g/mol. The van der Waals surface area contributed by atoms with Crippen molar-refractivity contribution in [3.05, 3.63) is 82.6 Å². The summed E-state index contributed by atoms with van der Waals surface area (Å²) in [6.07, 6.45) is 6.83. The standard InChI is InChI=1S/C33H37F2N3O5/c1-19-31(23-14-24(34)17-25(35)15-23)43-33(41)38(19)18-28-26(9-11-30(36-28)37-12-3-13-37)27-16-22(8-10-29(27)42-2)20-4-6-21(7-5-20)32(39)40/h8-11,14-17,19-21,30-31,36H,3-7,12-13,18H2,1-2H3,(H,39,40)/t19-,20?,21?,30?,31-/m0/s1. The Morgan fingerprint density at radius 1 is 1.07 bits per heavy atom. The minimum atomic E-state index is -0.814. The van der Waals surface area contributed by atoms with Crippen molar-refractivity contribution in [2.75, 3.05) is 26.7 Å². The summed E-state index contributed by atoms with van der Waals surface area (Å²) in [7, 11) is 1.63. The normalized spacial score (nSPS) is 27.5. The average Bonchev–Trinajstić information content (AvgIpc) is 3.24. The van der Waals surface area contributed by atoms with E-state index in [1.807, 2.05) is 13.0 Å².